The number of hydrogen-bond donors (Lipinski definition) is 1. The number of rotatable bonds is 8. The van der Waals surface area contributed by atoms with E-state index in [0.29, 0.717) is 31.1 Å². The maximum atomic E-state index is 12.1. The molecular formula is C17H20N4O2S2. The number of nitrogens with zero attached hydrogens (tertiary/aromatic N) is 3. The van der Waals surface area contributed by atoms with Crippen LogP contribution in [0, 0.1) is 0 Å². The highest BCUT2D eigenvalue weighted by Crippen LogP contribution is 2.22. The molecule has 0 aromatic carbocycles. The van der Waals surface area contributed by atoms with Crippen molar-refractivity contribution in [3.05, 3.63) is 45.1 Å². The summed E-state index contributed by atoms with van der Waals surface area (Å²) < 4.78 is 5.22. The van der Waals surface area contributed by atoms with E-state index in [9.17, 15) is 4.79 Å². The molecule has 3 aromatic heterocycles. The van der Waals surface area contributed by atoms with E-state index in [2.05, 4.69) is 26.4 Å². The average Bonchev–Trinajstić information content (AvgIpc) is 3.33. The van der Waals surface area contributed by atoms with Gasteiger partial charge in [0.15, 0.2) is 0 Å². The van der Waals surface area contributed by atoms with Crippen molar-refractivity contribution < 1.29 is 9.32 Å². The summed E-state index contributed by atoms with van der Waals surface area (Å²) >= 11 is 3.28. The van der Waals surface area contributed by atoms with Gasteiger partial charge in [0.05, 0.1) is 6.04 Å². The maximum Gasteiger partial charge on any atom is 0.227 e. The lowest BCUT2D eigenvalue weighted by Crippen LogP contribution is -2.34. The van der Waals surface area contributed by atoms with E-state index in [4.69, 9.17) is 4.52 Å². The number of carbonyl (C=O) groups excluding carboxylic acids is 1. The normalized spacial score (nSPS) is 12.4. The summed E-state index contributed by atoms with van der Waals surface area (Å²) in [5, 5.41) is 12.9. The summed E-state index contributed by atoms with van der Waals surface area (Å²) in [6, 6.07) is 6.24. The Labute approximate surface area is 154 Å². The van der Waals surface area contributed by atoms with Gasteiger partial charge in [0.25, 0.3) is 0 Å². The second-order valence-corrected chi connectivity index (χ2v) is 7.58. The molecule has 0 fully saturated rings. The number of nitrogens with one attached hydrogen (secondary N) is 1. The van der Waals surface area contributed by atoms with E-state index in [1.807, 2.05) is 42.4 Å². The number of amides is 1. The Morgan fingerprint density at radius 1 is 1.36 bits per heavy atom. The van der Waals surface area contributed by atoms with Gasteiger partial charge in [-0.15, -0.1) is 11.3 Å². The third-order valence-electron chi connectivity index (χ3n) is 3.80. The van der Waals surface area contributed by atoms with Gasteiger partial charge in [-0.05, 0) is 37.0 Å². The second-order valence-electron chi connectivity index (χ2n) is 5.82. The van der Waals surface area contributed by atoms with Crippen molar-refractivity contribution in [1.82, 2.24) is 20.4 Å². The minimum Gasteiger partial charge on any atom is -0.354 e. The van der Waals surface area contributed by atoms with Crippen molar-refractivity contribution >= 4 is 28.6 Å². The highest BCUT2D eigenvalue weighted by Gasteiger charge is 2.17. The van der Waals surface area contributed by atoms with Crippen molar-refractivity contribution in [3.8, 4) is 11.4 Å². The monoisotopic (exact) mass is 376 g/mol. The fraction of sp³-hybridized carbons (Fsp3) is 0.353. The molecule has 1 unspecified atom stereocenters. The van der Waals surface area contributed by atoms with E-state index in [1.165, 1.54) is 4.88 Å². The molecule has 0 aliphatic heterocycles. The number of hydrogen-bond acceptors (Lipinski definition) is 7. The number of thiophene rings is 2. The van der Waals surface area contributed by atoms with Gasteiger partial charge in [0.1, 0.15) is 0 Å². The van der Waals surface area contributed by atoms with Crippen LogP contribution in [0.1, 0.15) is 23.2 Å². The van der Waals surface area contributed by atoms with Crippen LogP contribution in [0.3, 0.4) is 0 Å². The fourth-order valence-corrected chi connectivity index (χ4v) is 3.96. The minimum atomic E-state index is -0.0151. The molecule has 0 aliphatic rings. The molecule has 0 saturated heterocycles. The van der Waals surface area contributed by atoms with Gasteiger partial charge in [-0.3, -0.25) is 4.79 Å². The van der Waals surface area contributed by atoms with Gasteiger partial charge in [0, 0.05) is 35.2 Å². The molecular weight excluding hydrogens is 356 g/mol. The van der Waals surface area contributed by atoms with Crippen molar-refractivity contribution in [2.75, 3.05) is 20.6 Å². The standard InChI is InChI=1S/C17H20N4O2S2/c1-21(2)13(14-4-3-8-25-14)10-18-15(22)5-6-16-19-17(20-23-16)12-7-9-24-11-12/h3-4,7-9,11,13H,5-6,10H2,1-2H3,(H,18,22). The summed E-state index contributed by atoms with van der Waals surface area (Å²) in [7, 11) is 4.03. The van der Waals surface area contributed by atoms with Crippen LogP contribution >= 0.6 is 22.7 Å². The second kappa shape index (κ2) is 8.37. The molecule has 3 aromatic rings. The van der Waals surface area contributed by atoms with Gasteiger partial charge in [-0.2, -0.15) is 16.3 Å². The Morgan fingerprint density at radius 2 is 2.24 bits per heavy atom. The molecule has 6 nitrogen and oxygen atoms in total. The third kappa shape index (κ3) is 4.75. The lowest BCUT2D eigenvalue weighted by atomic mass is 10.2. The van der Waals surface area contributed by atoms with Gasteiger partial charge in [-0.1, -0.05) is 11.2 Å². The zero-order valence-electron chi connectivity index (χ0n) is 14.1. The molecule has 0 aliphatic carbocycles. The smallest absolute Gasteiger partial charge is 0.227 e. The first-order chi connectivity index (χ1) is 12.1. The van der Waals surface area contributed by atoms with E-state index >= 15 is 0 Å². The molecule has 8 heteroatoms. The number of aromatic nitrogens is 2. The average molecular weight is 377 g/mol. The quantitative estimate of drug-likeness (QED) is 0.654. The van der Waals surface area contributed by atoms with Gasteiger partial charge < -0.3 is 14.7 Å². The largest absolute Gasteiger partial charge is 0.354 e. The van der Waals surface area contributed by atoms with Crippen LogP contribution < -0.4 is 5.32 Å². The Morgan fingerprint density at radius 3 is 2.92 bits per heavy atom. The Bertz CT molecular complexity index is 782. The highest BCUT2D eigenvalue weighted by atomic mass is 32.1. The minimum absolute atomic E-state index is 0.0151. The molecule has 1 N–H and O–H groups in total. The van der Waals surface area contributed by atoms with E-state index < -0.39 is 0 Å². The molecule has 1 atom stereocenters. The predicted octanol–water partition coefficient (Wildman–Crippen LogP) is 3.21. The van der Waals surface area contributed by atoms with E-state index in [0.717, 1.165) is 5.56 Å². The van der Waals surface area contributed by atoms with Crippen LogP contribution in [-0.4, -0.2) is 41.6 Å². The first-order valence-electron chi connectivity index (χ1n) is 7.95. The molecule has 0 spiro atoms. The molecule has 1 amide bonds. The SMILES string of the molecule is CN(C)C(CNC(=O)CCc1nc(-c2ccsc2)no1)c1cccs1. The molecule has 3 rings (SSSR count). The lowest BCUT2D eigenvalue weighted by molar-refractivity contribution is -0.121. The van der Waals surface area contributed by atoms with Gasteiger partial charge in [-0.25, -0.2) is 0 Å². The van der Waals surface area contributed by atoms with Crippen LogP contribution in [0.4, 0.5) is 0 Å². The van der Waals surface area contributed by atoms with E-state index in [1.54, 1.807) is 22.7 Å². The summed E-state index contributed by atoms with van der Waals surface area (Å²) in [6.45, 7) is 0.580. The number of carbonyl (C=O) groups is 1. The topological polar surface area (TPSA) is 71.3 Å². The van der Waals surface area contributed by atoms with Gasteiger partial charge in [0.2, 0.25) is 17.6 Å². The molecule has 0 saturated carbocycles. The van der Waals surface area contributed by atoms with Gasteiger partial charge >= 0.3 is 0 Å². The summed E-state index contributed by atoms with van der Waals surface area (Å²) in [4.78, 5) is 19.8. The van der Waals surface area contributed by atoms with Crippen LogP contribution in [0.2, 0.25) is 0 Å². The molecule has 25 heavy (non-hydrogen) atoms. The maximum absolute atomic E-state index is 12.1. The molecule has 0 radical (unpaired) electrons. The summed E-state index contributed by atoms with van der Waals surface area (Å²) in [6.07, 6.45) is 0.768. The van der Waals surface area contributed by atoms with E-state index in [-0.39, 0.29) is 11.9 Å². The molecule has 132 valence electrons. The van der Waals surface area contributed by atoms with Crippen LogP contribution in [0.5, 0.6) is 0 Å². The summed E-state index contributed by atoms with van der Waals surface area (Å²) in [5.41, 5.74) is 0.939. The first kappa shape index (κ1) is 17.8. The van der Waals surface area contributed by atoms with Crippen LogP contribution in [0.15, 0.2) is 38.9 Å². The zero-order valence-corrected chi connectivity index (χ0v) is 15.8. The van der Waals surface area contributed by atoms with Crippen molar-refractivity contribution in [2.24, 2.45) is 0 Å². The molecule has 3 heterocycles. The fourth-order valence-electron chi connectivity index (χ4n) is 2.40. The van der Waals surface area contributed by atoms with Crippen LogP contribution in [-0.2, 0) is 11.2 Å². The Hall–Kier alpha value is -2.03. The highest BCUT2D eigenvalue weighted by molar-refractivity contribution is 7.10. The first-order valence-corrected chi connectivity index (χ1v) is 9.77. The van der Waals surface area contributed by atoms with Crippen molar-refractivity contribution in [2.45, 2.75) is 18.9 Å². The summed E-state index contributed by atoms with van der Waals surface area (Å²) in [5.74, 6) is 1.04. The lowest BCUT2D eigenvalue weighted by Gasteiger charge is -2.23. The Balaban J connectivity index is 1.48. The zero-order chi connectivity index (χ0) is 17.6. The predicted molar refractivity (Wildman–Crippen MR) is 99.7 cm³/mol. The number of aryl methyl sites for hydroxylation is 1. The van der Waals surface area contributed by atoms with Crippen molar-refractivity contribution in [1.29, 1.82) is 0 Å². The number of likely N-dealkylation sites (N-methyl/N-ethyl adjacent to an activating group) is 1. The molecule has 0 bridgehead atoms. The van der Waals surface area contributed by atoms with Crippen LogP contribution in [0.25, 0.3) is 11.4 Å². The third-order valence-corrected chi connectivity index (χ3v) is 5.46. The van der Waals surface area contributed by atoms with Crippen molar-refractivity contribution in [3.63, 3.8) is 0 Å². The Kier molecular flexibility index (Phi) is 5.95.